The van der Waals surface area contributed by atoms with Gasteiger partial charge in [-0.15, -0.1) is 0 Å². The van der Waals surface area contributed by atoms with Gasteiger partial charge in [0.1, 0.15) is 19.0 Å². The third kappa shape index (κ3) is 0.597. The van der Waals surface area contributed by atoms with Gasteiger partial charge < -0.3 is 0 Å². The molecule has 0 atom stereocenters. The Balaban J connectivity index is 2.59. The maximum atomic E-state index is 4.69. The molecule has 0 saturated carbocycles. The maximum absolute atomic E-state index is 4.69. The van der Waals surface area contributed by atoms with E-state index in [1.165, 1.54) is 0 Å². The van der Waals surface area contributed by atoms with Gasteiger partial charge in [-0.25, -0.2) is 0 Å². The first kappa shape index (κ1) is 3.87. The maximum Gasteiger partial charge on any atom is 0.292 e. The van der Waals surface area contributed by atoms with Gasteiger partial charge in [0, 0.05) is 0 Å². The highest BCUT2D eigenvalue weighted by atomic mass is 32.1. The van der Waals surface area contributed by atoms with Crippen molar-refractivity contribution in [2.24, 2.45) is 4.99 Å². The quantitative estimate of drug-likeness (QED) is 0.385. The standard InChI is InChI=1S/C3H5N2S/c6-5-2-1-4-3-5/h3H,1-2H2/q+1. The molecule has 0 radical (unpaired) electrons. The van der Waals surface area contributed by atoms with Crippen molar-refractivity contribution in [3.63, 3.8) is 0 Å². The molecule has 0 aromatic rings. The smallest absolute Gasteiger partial charge is 0.163 e. The van der Waals surface area contributed by atoms with Crippen LogP contribution in [-0.2, 0) is 12.4 Å². The molecule has 1 rings (SSSR count). The van der Waals surface area contributed by atoms with Crippen LogP contribution in [0.3, 0.4) is 0 Å². The topological polar surface area (TPSA) is 15.4 Å². The normalized spacial score (nSPS) is 19.7. The van der Waals surface area contributed by atoms with Gasteiger partial charge in [-0.2, -0.15) is 3.95 Å². The predicted octanol–water partition coefficient (Wildman–Crippen LogP) is -0.229. The Morgan fingerprint density at radius 2 is 2.67 bits per heavy atom. The van der Waals surface area contributed by atoms with E-state index in [9.17, 15) is 0 Å². The van der Waals surface area contributed by atoms with Gasteiger partial charge in [0.25, 0.3) is 6.34 Å². The van der Waals surface area contributed by atoms with Crippen LogP contribution >= 0.6 is 0 Å². The van der Waals surface area contributed by atoms with Crippen molar-refractivity contribution in [2.45, 2.75) is 0 Å². The third-order valence-corrected chi connectivity index (χ3v) is 0.937. The summed E-state index contributed by atoms with van der Waals surface area (Å²) in [6.07, 6.45) is 1.68. The summed E-state index contributed by atoms with van der Waals surface area (Å²) in [5.74, 6) is 0. The van der Waals surface area contributed by atoms with Crippen molar-refractivity contribution in [2.75, 3.05) is 13.1 Å². The summed E-state index contributed by atoms with van der Waals surface area (Å²) in [6, 6.07) is 0. The van der Waals surface area contributed by atoms with E-state index in [1.807, 2.05) is 0 Å². The van der Waals surface area contributed by atoms with Crippen molar-refractivity contribution in [1.82, 2.24) is 0 Å². The van der Waals surface area contributed by atoms with Crippen LogP contribution in [0.4, 0.5) is 0 Å². The van der Waals surface area contributed by atoms with Crippen LogP contribution in [0.1, 0.15) is 0 Å². The summed E-state index contributed by atoms with van der Waals surface area (Å²) in [5.41, 5.74) is 0. The monoisotopic (exact) mass is 101 g/mol. The van der Waals surface area contributed by atoms with E-state index in [-0.39, 0.29) is 0 Å². The highest BCUT2D eigenvalue weighted by molar-refractivity contribution is 7.44. The molecule has 32 valence electrons. The molecule has 1 heterocycles. The number of hydrogen-bond donors (Lipinski definition) is 0. The van der Waals surface area contributed by atoms with Crippen LogP contribution in [0.15, 0.2) is 4.99 Å². The summed E-state index contributed by atoms with van der Waals surface area (Å²) >= 11 is 4.69. The molecule has 0 fully saturated rings. The molecule has 6 heavy (non-hydrogen) atoms. The minimum Gasteiger partial charge on any atom is -0.163 e. The van der Waals surface area contributed by atoms with Gasteiger partial charge in [0.15, 0.2) is 6.54 Å². The molecule has 0 saturated heterocycles. The van der Waals surface area contributed by atoms with Gasteiger partial charge >= 0.3 is 0 Å². The van der Waals surface area contributed by atoms with Crippen LogP contribution < -0.4 is 0 Å². The number of nitrogens with zero attached hydrogens (tertiary/aromatic N) is 2. The number of aliphatic imine (C=N–C) groups is 1. The van der Waals surface area contributed by atoms with E-state index in [0.717, 1.165) is 13.1 Å². The minimum atomic E-state index is 0.878. The lowest BCUT2D eigenvalue weighted by Crippen LogP contribution is -1.99. The van der Waals surface area contributed by atoms with Crippen molar-refractivity contribution in [1.29, 1.82) is 0 Å². The zero-order valence-corrected chi connectivity index (χ0v) is 4.11. The molecule has 1 aliphatic rings. The Labute approximate surface area is 41.7 Å². The molecule has 0 aromatic carbocycles. The lowest BCUT2D eigenvalue weighted by atomic mass is 10.7. The van der Waals surface area contributed by atoms with Crippen LogP contribution in [0.2, 0.25) is 0 Å². The fraction of sp³-hybridized carbons (Fsp3) is 0.667. The first-order valence-electron chi connectivity index (χ1n) is 1.83. The van der Waals surface area contributed by atoms with E-state index >= 15 is 0 Å². The van der Waals surface area contributed by atoms with E-state index in [4.69, 9.17) is 0 Å². The molecule has 0 spiro atoms. The van der Waals surface area contributed by atoms with E-state index in [1.54, 1.807) is 10.3 Å². The van der Waals surface area contributed by atoms with Gasteiger partial charge in [0.05, 0.1) is 0 Å². The SMILES string of the molecule is S=[N+]1C=NCC1. The molecule has 2 nitrogen and oxygen atoms in total. The van der Waals surface area contributed by atoms with Crippen LogP contribution in [-0.4, -0.2) is 23.4 Å². The van der Waals surface area contributed by atoms with Crippen molar-refractivity contribution in [3.05, 3.63) is 0 Å². The summed E-state index contributed by atoms with van der Waals surface area (Å²) < 4.78 is 1.65. The van der Waals surface area contributed by atoms with Gasteiger partial charge in [-0.05, 0) is 0 Å². The van der Waals surface area contributed by atoms with Gasteiger partial charge in [0.2, 0.25) is 0 Å². The average Bonchev–Trinajstić information content (AvgIpc) is 1.86. The first-order valence-corrected chi connectivity index (χ1v) is 2.20. The second-order valence-electron chi connectivity index (χ2n) is 1.16. The zero-order valence-electron chi connectivity index (χ0n) is 3.29. The average molecular weight is 101 g/mol. The molecule has 0 N–H and O–H groups in total. The number of hydrogen-bond acceptors (Lipinski definition) is 2. The van der Waals surface area contributed by atoms with E-state index in [0.29, 0.717) is 0 Å². The van der Waals surface area contributed by atoms with Gasteiger partial charge in [-0.3, -0.25) is 0 Å². The molecule has 0 aromatic heterocycles. The molecule has 0 bridgehead atoms. The zero-order chi connectivity index (χ0) is 4.41. The number of rotatable bonds is 0. The van der Waals surface area contributed by atoms with Gasteiger partial charge in [-0.1, -0.05) is 4.99 Å². The molecular weight excluding hydrogens is 96.1 g/mol. The van der Waals surface area contributed by atoms with Crippen LogP contribution in [0.25, 0.3) is 0 Å². The molecule has 1 aliphatic heterocycles. The Morgan fingerprint density at radius 1 is 1.83 bits per heavy atom. The van der Waals surface area contributed by atoms with Crippen molar-refractivity contribution in [3.8, 4) is 0 Å². The summed E-state index contributed by atoms with van der Waals surface area (Å²) in [6.45, 7) is 1.79. The molecule has 3 heteroatoms. The first-order chi connectivity index (χ1) is 2.89. The molecule has 0 unspecified atom stereocenters. The van der Waals surface area contributed by atoms with Crippen LogP contribution in [0.5, 0.6) is 0 Å². The fourth-order valence-corrected chi connectivity index (χ4v) is 0.511. The molecule has 0 amide bonds. The minimum absolute atomic E-state index is 0.878. The third-order valence-electron chi connectivity index (χ3n) is 0.660. The second kappa shape index (κ2) is 1.43. The van der Waals surface area contributed by atoms with Crippen molar-refractivity contribution < 1.29 is 3.95 Å². The lowest BCUT2D eigenvalue weighted by Gasteiger charge is -1.70. The Hall–Kier alpha value is -0.310. The summed E-state index contributed by atoms with van der Waals surface area (Å²) in [4.78, 5) is 3.86. The predicted molar refractivity (Wildman–Crippen MR) is 25.9 cm³/mol. The second-order valence-corrected chi connectivity index (χ2v) is 1.63. The molecular formula is C3H5N2S+. The van der Waals surface area contributed by atoms with Crippen molar-refractivity contribution >= 4 is 18.8 Å². The molecule has 0 aliphatic carbocycles. The summed E-state index contributed by atoms with van der Waals surface area (Å²) in [7, 11) is 0. The Morgan fingerprint density at radius 3 is 2.83 bits per heavy atom. The Bertz CT molecular complexity index is 97.0. The van der Waals surface area contributed by atoms with E-state index in [2.05, 4.69) is 17.4 Å². The highest BCUT2D eigenvalue weighted by Crippen LogP contribution is 1.79. The van der Waals surface area contributed by atoms with E-state index < -0.39 is 0 Å². The fourth-order valence-electron chi connectivity index (χ4n) is 0.363. The lowest BCUT2D eigenvalue weighted by molar-refractivity contribution is -0.350. The highest BCUT2D eigenvalue weighted by Gasteiger charge is 2.03. The largest absolute Gasteiger partial charge is 0.292 e. The van der Waals surface area contributed by atoms with Crippen LogP contribution in [0, 0.1) is 0 Å². The summed E-state index contributed by atoms with van der Waals surface area (Å²) in [5, 5.41) is 0. The Kier molecular flexibility index (Phi) is 0.919.